The van der Waals surface area contributed by atoms with Crippen molar-refractivity contribution < 1.29 is 17.9 Å². The number of hydrogen-bond acceptors (Lipinski definition) is 7. The molecule has 160 valence electrons. The highest BCUT2D eigenvalue weighted by Gasteiger charge is 2.32. The van der Waals surface area contributed by atoms with Crippen LogP contribution in [0.4, 0.5) is 0 Å². The van der Waals surface area contributed by atoms with E-state index in [0.717, 1.165) is 0 Å². The molecular weight excluding hydrogens is 430 g/mol. The van der Waals surface area contributed by atoms with Crippen LogP contribution in [-0.2, 0) is 16.9 Å². The molecule has 0 N–H and O–H groups in total. The largest absolute Gasteiger partial charge is 0.476 e. The van der Waals surface area contributed by atoms with Crippen LogP contribution in [0.3, 0.4) is 0 Å². The second kappa shape index (κ2) is 7.84. The van der Waals surface area contributed by atoms with Crippen LogP contribution in [-0.4, -0.2) is 44.7 Å². The number of nitrogens with zero attached hydrogens (tertiary/aromatic N) is 5. The third-order valence-electron chi connectivity index (χ3n) is 4.01. The summed E-state index contributed by atoms with van der Waals surface area (Å²) in [6.45, 7) is 8.13. The average Bonchev–Trinajstić information content (AvgIpc) is 3.25. The van der Waals surface area contributed by atoms with Gasteiger partial charge in [-0.25, -0.2) is 18.1 Å². The monoisotopic (exact) mass is 451 g/mol. The molecule has 0 fully saturated rings. The molecule has 0 spiro atoms. The molecule has 0 atom stereocenters. The Bertz CT molecular complexity index is 1210. The van der Waals surface area contributed by atoms with E-state index in [4.69, 9.17) is 16.3 Å². The van der Waals surface area contributed by atoms with Crippen molar-refractivity contribution in [2.75, 3.05) is 6.61 Å². The van der Waals surface area contributed by atoms with Crippen LogP contribution < -0.4 is 4.74 Å². The van der Waals surface area contributed by atoms with Gasteiger partial charge in [0.15, 0.2) is 5.82 Å². The number of sulfone groups is 1. The quantitative estimate of drug-likeness (QED) is 0.548. The lowest BCUT2D eigenvalue weighted by Crippen LogP contribution is -2.17. The van der Waals surface area contributed by atoms with Gasteiger partial charge in [0.25, 0.3) is 5.12 Å². The third-order valence-corrected chi connectivity index (χ3v) is 5.98. The molecule has 3 heterocycles. The lowest BCUT2D eigenvalue weighted by molar-refractivity contribution is 0.107. The van der Waals surface area contributed by atoms with Crippen LogP contribution in [0.25, 0.3) is 5.82 Å². The highest BCUT2D eigenvalue weighted by atomic mass is 35.5. The summed E-state index contributed by atoms with van der Waals surface area (Å²) in [5.74, 6) is 0.731. The molecule has 0 saturated carbocycles. The number of carbonyl (C=O) groups excluding carboxylic acids is 1. The van der Waals surface area contributed by atoms with E-state index in [2.05, 4.69) is 15.2 Å². The standard InChI is InChI=1S/C19H22ClN5O4S/c1-12-14(10-24(5)22-12)30(27,28)18(26)13-6-7-15(21-17(13)20)25-9-8-16(23-25)29-11-19(2,3)4/h6-10H,11H2,1-5H3. The molecule has 11 heteroatoms. The fraction of sp³-hybridized carbons (Fsp3) is 0.368. The Kier molecular flexibility index (Phi) is 5.74. The first kappa shape index (κ1) is 22.0. The molecule has 0 unspecified atom stereocenters. The summed E-state index contributed by atoms with van der Waals surface area (Å²) < 4.78 is 33.8. The van der Waals surface area contributed by atoms with Crippen LogP contribution in [0.1, 0.15) is 36.8 Å². The maximum atomic E-state index is 12.7. The SMILES string of the molecule is Cc1nn(C)cc1S(=O)(=O)C(=O)c1ccc(-n2ccc(OCC(C)(C)C)n2)nc1Cl. The molecule has 9 nitrogen and oxygen atoms in total. The van der Waals surface area contributed by atoms with Crippen molar-refractivity contribution in [2.45, 2.75) is 32.6 Å². The molecular formula is C19H22ClN5O4S. The summed E-state index contributed by atoms with van der Waals surface area (Å²) in [6.07, 6.45) is 2.91. The first-order chi connectivity index (χ1) is 13.9. The predicted molar refractivity (Wildman–Crippen MR) is 111 cm³/mol. The molecule has 0 saturated heterocycles. The number of rotatable bonds is 5. The molecule has 3 aromatic heterocycles. The van der Waals surface area contributed by atoms with Gasteiger partial charge in [0.1, 0.15) is 10.0 Å². The summed E-state index contributed by atoms with van der Waals surface area (Å²) in [4.78, 5) is 16.7. The summed E-state index contributed by atoms with van der Waals surface area (Å²) in [5.41, 5.74) is -0.0169. The van der Waals surface area contributed by atoms with Gasteiger partial charge < -0.3 is 4.74 Å². The molecule has 0 amide bonds. The van der Waals surface area contributed by atoms with E-state index in [1.807, 2.05) is 20.8 Å². The lowest BCUT2D eigenvalue weighted by Gasteiger charge is -2.17. The summed E-state index contributed by atoms with van der Waals surface area (Å²) in [6, 6.07) is 4.45. The summed E-state index contributed by atoms with van der Waals surface area (Å²) in [5, 5.41) is 6.86. The Hall–Kier alpha value is -2.72. The number of carbonyl (C=O) groups is 1. The number of halogens is 1. The summed E-state index contributed by atoms with van der Waals surface area (Å²) in [7, 11) is -2.74. The second-order valence-electron chi connectivity index (χ2n) is 8.00. The first-order valence-electron chi connectivity index (χ1n) is 9.03. The molecule has 0 bridgehead atoms. The van der Waals surface area contributed by atoms with Gasteiger partial charge in [-0.05, 0) is 24.5 Å². The summed E-state index contributed by atoms with van der Waals surface area (Å²) >= 11 is 6.15. The zero-order valence-electron chi connectivity index (χ0n) is 17.2. The minimum atomic E-state index is -4.31. The highest BCUT2D eigenvalue weighted by Crippen LogP contribution is 2.24. The van der Waals surface area contributed by atoms with E-state index in [-0.39, 0.29) is 26.7 Å². The minimum absolute atomic E-state index is 0.0224. The van der Waals surface area contributed by atoms with Gasteiger partial charge in [0.05, 0.1) is 17.9 Å². The fourth-order valence-electron chi connectivity index (χ4n) is 2.59. The van der Waals surface area contributed by atoms with Gasteiger partial charge in [-0.3, -0.25) is 9.48 Å². The molecule has 3 aromatic rings. The Balaban J connectivity index is 1.86. The first-order valence-corrected chi connectivity index (χ1v) is 10.9. The molecule has 30 heavy (non-hydrogen) atoms. The number of aromatic nitrogens is 5. The van der Waals surface area contributed by atoms with Crippen molar-refractivity contribution >= 4 is 26.6 Å². The van der Waals surface area contributed by atoms with Crippen molar-refractivity contribution in [3.05, 3.63) is 47.0 Å². The molecule has 0 aromatic carbocycles. The minimum Gasteiger partial charge on any atom is -0.476 e. The van der Waals surface area contributed by atoms with Crippen molar-refractivity contribution in [3.63, 3.8) is 0 Å². The van der Waals surface area contributed by atoms with Crippen molar-refractivity contribution in [1.82, 2.24) is 24.5 Å². The van der Waals surface area contributed by atoms with Gasteiger partial charge in [-0.1, -0.05) is 32.4 Å². The number of hydrogen-bond donors (Lipinski definition) is 0. The topological polar surface area (TPSA) is 109 Å². The zero-order valence-corrected chi connectivity index (χ0v) is 18.8. The van der Waals surface area contributed by atoms with Crippen molar-refractivity contribution in [1.29, 1.82) is 0 Å². The number of aryl methyl sites for hydroxylation is 2. The van der Waals surface area contributed by atoms with Gasteiger partial charge in [-0.15, -0.1) is 5.10 Å². The number of pyridine rings is 1. The number of ether oxygens (including phenoxy) is 1. The molecule has 0 radical (unpaired) electrons. The normalized spacial score (nSPS) is 12.2. The van der Waals surface area contributed by atoms with Crippen molar-refractivity contribution in [2.24, 2.45) is 12.5 Å². The van der Waals surface area contributed by atoms with Crippen LogP contribution in [0.2, 0.25) is 5.15 Å². The van der Waals surface area contributed by atoms with Gasteiger partial charge in [0.2, 0.25) is 15.7 Å². The second-order valence-corrected chi connectivity index (χ2v) is 10.2. The third kappa shape index (κ3) is 4.54. The fourth-order valence-corrected chi connectivity index (χ4v) is 4.26. The Morgan fingerprint density at radius 3 is 2.47 bits per heavy atom. The van der Waals surface area contributed by atoms with E-state index >= 15 is 0 Å². The molecule has 3 rings (SSSR count). The van der Waals surface area contributed by atoms with E-state index in [1.54, 1.807) is 19.3 Å². The predicted octanol–water partition coefficient (Wildman–Crippen LogP) is 3.00. The van der Waals surface area contributed by atoms with Crippen LogP contribution in [0.15, 0.2) is 35.5 Å². The van der Waals surface area contributed by atoms with E-state index in [1.165, 1.54) is 34.6 Å². The highest BCUT2D eigenvalue weighted by molar-refractivity contribution is 8.06. The van der Waals surface area contributed by atoms with Crippen LogP contribution in [0, 0.1) is 12.3 Å². The molecule has 0 aliphatic carbocycles. The molecule has 0 aliphatic rings. The van der Waals surface area contributed by atoms with E-state index in [0.29, 0.717) is 18.3 Å². The van der Waals surface area contributed by atoms with Gasteiger partial charge in [0, 0.05) is 25.5 Å². The maximum Gasteiger partial charge on any atom is 0.284 e. The lowest BCUT2D eigenvalue weighted by atomic mass is 9.99. The smallest absolute Gasteiger partial charge is 0.284 e. The van der Waals surface area contributed by atoms with E-state index < -0.39 is 15.0 Å². The zero-order chi connectivity index (χ0) is 22.3. The van der Waals surface area contributed by atoms with Crippen LogP contribution >= 0.6 is 11.6 Å². The van der Waals surface area contributed by atoms with Gasteiger partial charge in [-0.2, -0.15) is 5.10 Å². The van der Waals surface area contributed by atoms with Crippen LogP contribution in [0.5, 0.6) is 5.88 Å². The van der Waals surface area contributed by atoms with E-state index in [9.17, 15) is 13.2 Å². The maximum absolute atomic E-state index is 12.7. The Morgan fingerprint density at radius 1 is 1.20 bits per heavy atom. The average molecular weight is 452 g/mol. The Labute approximate surface area is 179 Å². The van der Waals surface area contributed by atoms with Crippen molar-refractivity contribution in [3.8, 4) is 11.7 Å². The van der Waals surface area contributed by atoms with Gasteiger partial charge >= 0.3 is 0 Å². The molecule has 0 aliphatic heterocycles. The Morgan fingerprint density at radius 2 is 1.90 bits per heavy atom.